The summed E-state index contributed by atoms with van der Waals surface area (Å²) in [6.07, 6.45) is 3.95. The number of hydrogen-bond acceptors (Lipinski definition) is 3. The molecule has 0 radical (unpaired) electrons. The molecule has 0 bridgehead atoms. The minimum Gasteiger partial charge on any atom is -0.348 e. The van der Waals surface area contributed by atoms with Crippen LogP contribution in [0.1, 0.15) is 25.5 Å². The molecule has 0 saturated carbocycles. The van der Waals surface area contributed by atoms with Gasteiger partial charge in [-0.3, -0.25) is 9.59 Å². The Morgan fingerprint density at radius 2 is 1.86 bits per heavy atom. The van der Waals surface area contributed by atoms with E-state index in [0.29, 0.717) is 0 Å². The molecule has 28 heavy (non-hydrogen) atoms. The Hall–Kier alpha value is -2.99. The van der Waals surface area contributed by atoms with Crippen molar-refractivity contribution in [1.29, 1.82) is 0 Å². The van der Waals surface area contributed by atoms with Gasteiger partial charge in [-0.2, -0.15) is 0 Å². The molecule has 4 rings (SSSR count). The Morgan fingerprint density at radius 1 is 1.11 bits per heavy atom. The van der Waals surface area contributed by atoms with E-state index < -0.39 is 4.75 Å². The van der Waals surface area contributed by atoms with E-state index in [1.807, 2.05) is 84.5 Å². The number of rotatable bonds is 4. The smallest absolute Gasteiger partial charge is 0.250 e. The normalized spacial score (nSPS) is 19.4. The summed E-state index contributed by atoms with van der Waals surface area (Å²) in [5, 5.41) is 5.86. The lowest BCUT2D eigenvalue weighted by atomic mass is 10.0. The van der Waals surface area contributed by atoms with Gasteiger partial charge in [0.1, 0.15) is 0 Å². The van der Waals surface area contributed by atoms with E-state index in [9.17, 15) is 9.59 Å². The van der Waals surface area contributed by atoms with E-state index in [0.717, 1.165) is 21.8 Å². The Bertz CT molecular complexity index is 1030. The van der Waals surface area contributed by atoms with E-state index in [2.05, 4.69) is 10.6 Å². The van der Waals surface area contributed by atoms with Gasteiger partial charge >= 0.3 is 0 Å². The molecular formula is C22H21N3O2S. The Kier molecular flexibility index (Phi) is 4.73. The van der Waals surface area contributed by atoms with Crippen LogP contribution in [-0.2, 0) is 9.59 Å². The first kappa shape index (κ1) is 18.4. The lowest BCUT2D eigenvalue weighted by Gasteiger charge is -2.32. The number of benzene rings is 2. The van der Waals surface area contributed by atoms with Crippen LogP contribution in [-0.4, -0.2) is 21.1 Å². The fraction of sp³-hybridized carbons (Fsp3) is 0.182. The second kappa shape index (κ2) is 7.20. The van der Waals surface area contributed by atoms with Crippen molar-refractivity contribution in [1.82, 2.24) is 9.88 Å². The number of carbonyl (C=O) groups excluding carboxylic acids is 2. The quantitative estimate of drug-likeness (QED) is 0.657. The van der Waals surface area contributed by atoms with Gasteiger partial charge in [0.25, 0.3) is 0 Å². The van der Waals surface area contributed by atoms with Crippen molar-refractivity contribution in [3.63, 3.8) is 0 Å². The highest BCUT2D eigenvalue weighted by Crippen LogP contribution is 2.42. The standard InChI is InChI=1S/C22H21N3O2S/c1-15(16-8-7-9-17(14-16)25-12-5-6-13-25)23-20(26)22(2)21(27)24-18-10-3-4-11-19(18)28-22/h3-15H,1-2H3,(H,23,26)(H,24,27). The number of thioether (sulfide) groups is 1. The maximum atomic E-state index is 13.0. The molecule has 2 unspecified atom stereocenters. The highest BCUT2D eigenvalue weighted by molar-refractivity contribution is 8.02. The minimum atomic E-state index is -1.22. The maximum Gasteiger partial charge on any atom is 0.250 e. The summed E-state index contributed by atoms with van der Waals surface area (Å²) in [6.45, 7) is 3.59. The summed E-state index contributed by atoms with van der Waals surface area (Å²) in [7, 11) is 0. The molecule has 1 aromatic heterocycles. The van der Waals surface area contributed by atoms with E-state index in [1.54, 1.807) is 6.92 Å². The third-order valence-electron chi connectivity index (χ3n) is 4.94. The van der Waals surface area contributed by atoms with Gasteiger partial charge in [0.05, 0.1) is 11.7 Å². The predicted octanol–water partition coefficient (Wildman–Crippen LogP) is 4.16. The molecule has 3 aromatic rings. The minimum absolute atomic E-state index is 0.231. The molecule has 2 aromatic carbocycles. The molecule has 2 N–H and O–H groups in total. The van der Waals surface area contributed by atoms with Crippen molar-refractivity contribution < 1.29 is 9.59 Å². The second-order valence-electron chi connectivity index (χ2n) is 6.97. The van der Waals surface area contributed by atoms with Crippen LogP contribution >= 0.6 is 11.8 Å². The van der Waals surface area contributed by atoms with Crippen LogP contribution in [0.3, 0.4) is 0 Å². The predicted molar refractivity (Wildman–Crippen MR) is 112 cm³/mol. The summed E-state index contributed by atoms with van der Waals surface area (Å²) < 4.78 is 0.793. The number of carbonyl (C=O) groups is 2. The zero-order valence-electron chi connectivity index (χ0n) is 15.7. The summed E-state index contributed by atoms with van der Waals surface area (Å²) in [6, 6.07) is 19.2. The molecule has 6 heteroatoms. The van der Waals surface area contributed by atoms with Crippen molar-refractivity contribution >= 4 is 29.3 Å². The lowest BCUT2D eigenvalue weighted by molar-refractivity contribution is -0.130. The molecule has 1 aliphatic heterocycles. The van der Waals surface area contributed by atoms with Gasteiger partial charge in [-0.1, -0.05) is 36.0 Å². The number of anilines is 1. The molecular weight excluding hydrogens is 370 g/mol. The average molecular weight is 391 g/mol. The van der Waals surface area contributed by atoms with E-state index in [1.165, 1.54) is 11.8 Å². The third-order valence-corrected chi connectivity index (χ3v) is 6.29. The van der Waals surface area contributed by atoms with Crippen molar-refractivity contribution in [2.45, 2.75) is 29.5 Å². The first-order chi connectivity index (χ1) is 13.5. The topological polar surface area (TPSA) is 63.1 Å². The van der Waals surface area contributed by atoms with Gasteiger partial charge in [0.2, 0.25) is 11.8 Å². The molecule has 2 amide bonds. The summed E-state index contributed by atoms with van der Waals surface area (Å²) in [4.78, 5) is 26.6. The molecule has 0 aliphatic carbocycles. The van der Waals surface area contributed by atoms with Crippen LogP contribution in [0.2, 0.25) is 0 Å². The fourth-order valence-electron chi connectivity index (χ4n) is 3.20. The summed E-state index contributed by atoms with van der Waals surface area (Å²) in [5.74, 6) is -0.606. The van der Waals surface area contributed by atoms with Crippen LogP contribution in [0.25, 0.3) is 5.69 Å². The fourth-order valence-corrected chi connectivity index (χ4v) is 4.31. The van der Waals surface area contributed by atoms with E-state index in [-0.39, 0.29) is 17.9 Å². The number of amides is 2. The van der Waals surface area contributed by atoms with E-state index >= 15 is 0 Å². The van der Waals surface area contributed by atoms with Crippen molar-refractivity contribution in [3.05, 3.63) is 78.6 Å². The number of hydrogen-bond donors (Lipinski definition) is 2. The SMILES string of the molecule is CC(NC(=O)C1(C)Sc2ccccc2NC1=O)c1cccc(-n2cccc2)c1. The molecule has 5 nitrogen and oxygen atoms in total. The van der Waals surface area contributed by atoms with Crippen molar-refractivity contribution in [2.24, 2.45) is 0 Å². The molecule has 0 fully saturated rings. The Balaban J connectivity index is 1.53. The highest BCUT2D eigenvalue weighted by Gasteiger charge is 2.46. The number of para-hydroxylation sites is 1. The number of fused-ring (bicyclic) bond motifs is 1. The van der Waals surface area contributed by atoms with Gasteiger partial charge in [-0.15, -0.1) is 0 Å². The van der Waals surface area contributed by atoms with Crippen LogP contribution in [0.15, 0.2) is 78.0 Å². The van der Waals surface area contributed by atoms with Crippen LogP contribution in [0, 0.1) is 0 Å². The van der Waals surface area contributed by atoms with E-state index in [4.69, 9.17) is 0 Å². The molecule has 142 valence electrons. The summed E-state index contributed by atoms with van der Waals surface area (Å²) >= 11 is 1.29. The molecule has 2 heterocycles. The monoisotopic (exact) mass is 391 g/mol. The third kappa shape index (κ3) is 3.31. The average Bonchev–Trinajstić information content (AvgIpc) is 3.24. The van der Waals surface area contributed by atoms with Gasteiger partial charge < -0.3 is 15.2 Å². The highest BCUT2D eigenvalue weighted by atomic mass is 32.2. The van der Waals surface area contributed by atoms with Gasteiger partial charge in [-0.25, -0.2) is 0 Å². The Labute approximate surface area is 168 Å². The molecule has 0 saturated heterocycles. The van der Waals surface area contributed by atoms with Crippen molar-refractivity contribution in [2.75, 3.05) is 5.32 Å². The molecule has 1 aliphatic rings. The van der Waals surface area contributed by atoms with Crippen LogP contribution in [0.4, 0.5) is 5.69 Å². The largest absolute Gasteiger partial charge is 0.348 e. The van der Waals surface area contributed by atoms with Crippen LogP contribution in [0.5, 0.6) is 0 Å². The van der Waals surface area contributed by atoms with Gasteiger partial charge in [0.15, 0.2) is 4.75 Å². The first-order valence-corrected chi connectivity index (χ1v) is 9.93. The number of nitrogens with one attached hydrogen (secondary N) is 2. The lowest BCUT2D eigenvalue weighted by Crippen LogP contribution is -2.52. The molecule has 0 spiro atoms. The van der Waals surface area contributed by atoms with Crippen LogP contribution < -0.4 is 10.6 Å². The zero-order chi connectivity index (χ0) is 19.7. The van der Waals surface area contributed by atoms with Crippen molar-refractivity contribution in [3.8, 4) is 5.69 Å². The summed E-state index contributed by atoms with van der Waals surface area (Å²) in [5.41, 5.74) is 2.74. The van der Waals surface area contributed by atoms with Gasteiger partial charge in [-0.05, 0) is 55.8 Å². The zero-order valence-corrected chi connectivity index (χ0v) is 16.5. The number of aromatic nitrogens is 1. The first-order valence-electron chi connectivity index (χ1n) is 9.11. The molecule has 2 atom stereocenters. The van der Waals surface area contributed by atoms with Gasteiger partial charge in [0, 0.05) is 23.0 Å². The maximum absolute atomic E-state index is 13.0. The Morgan fingerprint density at radius 3 is 2.64 bits per heavy atom. The second-order valence-corrected chi connectivity index (χ2v) is 8.43. The number of nitrogens with zero attached hydrogens (tertiary/aromatic N) is 1.